The Hall–Kier alpha value is -3.37. The van der Waals surface area contributed by atoms with Crippen LogP contribution in [0, 0.1) is 6.92 Å². The first kappa shape index (κ1) is 21.8. The molecule has 0 spiro atoms. The van der Waals surface area contributed by atoms with E-state index in [0.717, 1.165) is 16.3 Å². The van der Waals surface area contributed by atoms with Gasteiger partial charge in [0.2, 0.25) is 5.91 Å². The second-order valence-electron chi connectivity index (χ2n) is 6.83. The molecule has 0 bridgehead atoms. The third kappa shape index (κ3) is 4.92. The zero-order valence-corrected chi connectivity index (χ0v) is 19.1. The summed E-state index contributed by atoms with van der Waals surface area (Å²) in [6.45, 7) is 4.61. The maximum atomic E-state index is 12.5. The van der Waals surface area contributed by atoms with Gasteiger partial charge in [0.25, 0.3) is 5.91 Å². The number of thiophene rings is 1. The van der Waals surface area contributed by atoms with Gasteiger partial charge in [-0.1, -0.05) is 17.8 Å². The molecule has 2 amide bonds. The Labute approximate surface area is 193 Å². The number of furan rings is 1. The fourth-order valence-electron chi connectivity index (χ4n) is 3.07. The monoisotopic (exact) mass is 467 g/mol. The Bertz CT molecular complexity index is 1220. The molecule has 164 valence electrons. The average Bonchev–Trinajstić information content (AvgIpc) is 3.55. The van der Waals surface area contributed by atoms with E-state index in [1.165, 1.54) is 18.0 Å². The number of amides is 2. The van der Waals surface area contributed by atoms with Gasteiger partial charge in [0.05, 0.1) is 16.9 Å². The van der Waals surface area contributed by atoms with Crippen LogP contribution in [0.3, 0.4) is 0 Å². The van der Waals surface area contributed by atoms with Gasteiger partial charge in [0.15, 0.2) is 16.7 Å². The maximum Gasteiger partial charge on any atom is 0.291 e. The molecular weight excluding hydrogens is 446 g/mol. The lowest BCUT2D eigenvalue weighted by molar-refractivity contribution is -0.113. The van der Waals surface area contributed by atoms with Crippen molar-refractivity contribution in [2.75, 3.05) is 16.4 Å². The van der Waals surface area contributed by atoms with Crippen molar-refractivity contribution in [3.8, 4) is 10.7 Å². The molecule has 0 fully saturated rings. The van der Waals surface area contributed by atoms with Crippen molar-refractivity contribution in [3.05, 3.63) is 65.4 Å². The molecule has 8 nitrogen and oxygen atoms in total. The van der Waals surface area contributed by atoms with Gasteiger partial charge in [-0.2, -0.15) is 0 Å². The number of hydrogen-bond donors (Lipinski definition) is 2. The van der Waals surface area contributed by atoms with E-state index in [2.05, 4.69) is 20.8 Å². The second-order valence-corrected chi connectivity index (χ2v) is 8.72. The van der Waals surface area contributed by atoms with Crippen molar-refractivity contribution in [1.82, 2.24) is 14.8 Å². The molecule has 0 saturated carbocycles. The highest BCUT2D eigenvalue weighted by Crippen LogP contribution is 2.27. The molecule has 0 atom stereocenters. The van der Waals surface area contributed by atoms with Crippen LogP contribution in [0.1, 0.15) is 23.0 Å². The lowest BCUT2D eigenvalue weighted by atomic mass is 10.1. The number of anilines is 2. The standard InChI is InChI=1S/C22H21N5O3S2/c1-3-27-20(18-7-5-11-31-18)25-26-22(27)32-13-19(28)24-16-9-8-15(12-14(16)2)23-21(29)17-6-4-10-30-17/h4-12H,3,13H2,1-2H3,(H,23,29)(H,24,28). The molecule has 1 aromatic carbocycles. The Morgan fingerprint density at radius 1 is 1.16 bits per heavy atom. The molecule has 0 saturated heterocycles. The van der Waals surface area contributed by atoms with Crippen LogP contribution in [-0.2, 0) is 11.3 Å². The van der Waals surface area contributed by atoms with E-state index < -0.39 is 0 Å². The van der Waals surface area contributed by atoms with E-state index in [1.807, 2.05) is 35.9 Å². The first-order chi connectivity index (χ1) is 15.5. The van der Waals surface area contributed by atoms with Gasteiger partial charge in [-0.15, -0.1) is 21.5 Å². The van der Waals surface area contributed by atoms with Crippen molar-refractivity contribution in [2.45, 2.75) is 25.5 Å². The van der Waals surface area contributed by atoms with Crippen molar-refractivity contribution in [3.63, 3.8) is 0 Å². The van der Waals surface area contributed by atoms with E-state index in [1.54, 1.807) is 41.7 Å². The molecule has 3 aromatic heterocycles. The van der Waals surface area contributed by atoms with Crippen LogP contribution in [-0.4, -0.2) is 32.3 Å². The molecule has 3 heterocycles. The predicted octanol–water partition coefficient (Wildman–Crippen LogP) is 4.91. The van der Waals surface area contributed by atoms with Crippen LogP contribution in [0.4, 0.5) is 11.4 Å². The quantitative estimate of drug-likeness (QED) is 0.357. The van der Waals surface area contributed by atoms with Crippen molar-refractivity contribution < 1.29 is 14.0 Å². The van der Waals surface area contributed by atoms with Crippen molar-refractivity contribution in [2.24, 2.45) is 0 Å². The number of nitrogens with one attached hydrogen (secondary N) is 2. The highest BCUT2D eigenvalue weighted by Gasteiger charge is 2.16. The minimum absolute atomic E-state index is 0.145. The fourth-order valence-corrected chi connectivity index (χ4v) is 4.59. The third-order valence-corrected chi connectivity index (χ3v) is 6.44. The van der Waals surface area contributed by atoms with Gasteiger partial charge in [-0.25, -0.2) is 0 Å². The lowest BCUT2D eigenvalue weighted by Gasteiger charge is -2.11. The number of benzene rings is 1. The highest BCUT2D eigenvalue weighted by molar-refractivity contribution is 7.99. The molecule has 2 N–H and O–H groups in total. The van der Waals surface area contributed by atoms with E-state index in [-0.39, 0.29) is 23.3 Å². The molecular formula is C22H21N5O3S2. The number of nitrogens with zero attached hydrogens (tertiary/aromatic N) is 3. The largest absolute Gasteiger partial charge is 0.459 e. The highest BCUT2D eigenvalue weighted by atomic mass is 32.2. The first-order valence-electron chi connectivity index (χ1n) is 9.90. The van der Waals surface area contributed by atoms with Gasteiger partial charge >= 0.3 is 0 Å². The van der Waals surface area contributed by atoms with Gasteiger partial charge in [0.1, 0.15) is 0 Å². The summed E-state index contributed by atoms with van der Waals surface area (Å²) in [5.74, 6) is 0.782. The fraction of sp³-hybridized carbons (Fsp3) is 0.182. The number of thioether (sulfide) groups is 1. The predicted molar refractivity (Wildman–Crippen MR) is 126 cm³/mol. The summed E-state index contributed by atoms with van der Waals surface area (Å²) >= 11 is 2.95. The molecule has 0 aliphatic rings. The topological polar surface area (TPSA) is 102 Å². The number of carbonyl (C=O) groups excluding carboxylic acids is 2. The van der Waals surface area contributed by atoms with E-state index in [9.17, 15) is 9.59 Å². The van der Waals surface area contributed by atoms with Gasteiger partial charge in [-0.3, -0.25) is 9.59 Å². The van der Waals surface area contributed by atoms with Crippen LogP contribution in [0.15, 0.2) is 63.7 Å². The molecule has 0 aliphatic heterocycles. The second kappa shape index (κ2) is 9.84. The SMILES string of the molecule is CCn1c(SCC(=O)Nc2ccc(NC(=O)c3ccco3)cc2C)nnc1-c1cccs1. The third-order valence-electron chi connectivity index (χ3n) is 4.61. The number of hydrogen-bond acceptors (Lipinski definition) is 7. The zero-order valence-electron chi connectivity index (χ0n) is 17.5. The average molecular weight is 468 g/mol. The van der Waals surface area contributed by atoms with E-state index >= 15 is 0 Å². The lowest BCUT2D eigenvalue weighted by Crippen LogP contribution is -2.16. The van der Waals surface area contributed by atoms with Gasteiger partial charge in [-0.05, 0) is 61.2 Å². The first-order valence-corrected chi connectivity index (χ1v) is 11.8. The summed E-state index contributed by atoms with van der Waals surface area (Å²) in [7, 11) is 0. The van der Waals surface area contributed by atoms with Gasteiger partial charge < -0.3 is 19.6 Å². The molecule has 10 heteroatoms. The normalized spacial score (nSPS) is 10.8. The number of carbonyl (C=O) groups is 2. The van der Waals surface area contributed by atoms with Gasteiger partial charge in [0, 0.05) is 17.9 Å². The minimum Gasteiger partial charge on any atom is -0.459 e. The number of rotatable bonds is 8. The number of aromatic nitrogens is 3. The van der Waals surface area contributed by atoms with Crippen LogP contribution in [0.25, 0.3) is 10.7 Å². The maximum absolute atomic E-state index is 12.5. The summed E-state index contributed by atoms with van der Waals surface area (Å²) in [6.07, 6.45) is 1.45. The van der Waals surface area contributed by atoms with E-state index in [4.69, 9.17) is 4.42 Å². The van der Waals surface area contributed by atoms with Crippen LogP contribution >= 0.6 is 23.1 Å². The smallest absolute Gasteiger partial charge is 0.291 e. The zero-order chi connectivity index (χ0) is 22.5. The molecule has 0 radical (unpaired) electrons. The molecule has 4 aromatic rings. The molecule has 0 aliphatic carbocycles. The summed E-state index contributed by atoms with van der Waals surface area (Å²) in [5, 5.41) is 16.9. The minimum atomic E-state index is -0.329. The Morgan fingerprint density at radius 3 is 2.72 bits per heavy atom. The Kier molecular flexibility index (Phi) is 6.72. The Morgan fingerprint density at radius 2 is 2.03 bits per heavy atom. The summed E-state index contributed by atoms with van der Waals surface area (Å²) in [4.78, 5) is 25.7. The van der Waals surface area contributed by atoms with Crippen molar-refractivity contribution in [1.29, 1.82) is 0 Å². The van der Waals surface area contributed by atoms with Crippen LogP contribution in [0.2, 0.25) is 0 Å². The summed E-state index contributed by atoms with van der Waals surface area (Å²) in [5.41, 5.74) is 2.13. The molecule has 32 heavy (non-hydrogen) atoms. The van der Waals surface area contributed by atoms with Crippen molar-refractivity contribution >= 4 is 46.3 Å². The Balaban J connectivity index is 1.36. The van der Waals surface area contributed by atoms with Crippen LogP contribution in [0.5, 0.6) is 0 Å². The molecule has 0 unspecified atom stereocenters. The number of aryl methyl sites for hydroxylation is 1. The van der Waals surface area contributed by atoms with E-state index in [0.29, 0.717) is 23.1 Å². The van der Waals surface area contributed by atoms with Crippen LogP contribution < -0.4 is 10.6 Å². The summed E-state index contributed by atoms with van der Waals surface area (Å²) in [6, 6.07) is 12.5. The summed E-state index contributed by atoms with van der Waals surface area (Å²) < 4.78 is 7.10. The molecule has 4 rings (SSSR count).